The van der Waals surface area contributed by atoms with Gasteiger partial charge < -0.3 is 5.32 Å². The quantitative estimate of drug-likeness (QED) is 0.851. The predicted molar refractivity (Wildman–Crippen MR) is 81.8 cm³/mol. The van der Waals surface area contributed by atoms with Crippen LogP contribution in [0.4, 0.5) is 10.1 Å². The molecule has 0 fully saturated rings. The second kappa shape index (κ2) is 5.28. The maximum absolute atomic E-state index is 14.1. The van der Waals surface area contributed by atoms with E-state index in [2.05, 4.69) is 29.6 Å². The number of hydrogen-bond donors (Lipinski definition) is 1. The van der Waals surface area contributed by atoms with Crippen LogP contribution in [0.3, 0.4) is 0 Å². The highest BCUT2D eigenvalue weighted by atomic mass is 19.1. The molecule has 0 radical (unpaired) electrons. The van der Waals surface area contributed by atoms with Gasteiger partial charge in [0, 0.05) is 11.7 Å². The van der Waals surface area contributed by atoms with Crippen molar-refractivity contribution < 1.29 is 4.39 Å². The van der Waals surface area contributed by atoms with Crippen molar-refractivity contribution in [1.82, 2.24) is 0 Å². The number of aryl methyl sites for hydroxylation is 3. The molecule has 0 saturated carbocycles. The molecule has 1 heterocycles. The highest BCUT2D eigenvalue weighted by Crippen LogP contribution is 2.27. The Bertz CT molecular complexity index is 610. The Kier molecular flexibility index (Phi) is 3.47. The summed E-state index contributed by atoms with van der Waals surface area (Å²) in [7, 11) is 0. The van der Waals surface area contributed by atoms with Crippen LogP contribution in [0.2, 0.25) is 0 Å². The summed E-state index contributed by atoms with van der Waals surface area (Å²) in [5, 5.41) is 3.55. The van der Waals surface area contributed by atoms with Crippen LogP contribution in [0, 0.1) is 19.7 Å². The average molecular weight is 269 g/mol. The van der Waals surface area contributed by atoms with Crippen LogP contribution < -0.4 is 5.32 Å². The smallest absolute Gasteiger partial charge is 0.127 e. The Morgan fingerprint density at radius 3 is 2.80 bits per heavy atom. The largest absolute Gasteiger partial charge is 0.382 e. The van der Waals surface area contributed by atoms with E-state index in [0.717, 1.165) is 36.0 Å². The summed E-state index contributed by atoms with van der Waals surface area (Å²) in [4.78, 5) is 0. The average Bonchev–Trinajstić information content (AvgIpc) is 2.42. The first-order valence-corrected chi connectivity index (χ1v) is 7.23. The lowest BCUT2D eigenvalue weighted by Crippen LogP contribution is -2.28. The van der Waals surface area contributed by atoms with E-state index < -0.39 is 0 Å². The third kappa shape index (κ3) is 2.55. The molecular formula is C18H20FN. The van der Waals surface area contributed by atoms with E-state index in [1.165, 1.54) is 11.3 Å². The monoisotopic (exact) mass is 269 g/mol. The van der Waals surface area contributed by atoms with E-state index in [9.17, 15) is 4.39 Å². The van der Waals surface area contributed by atoms with Crippen molar-refractivity contribution in [2.24, 2.45) is 0 Å². The molecular weight excluding hydrogens is 249 g/mol. The molecule has 104 valence electrons. The van der Waals surface area contributed by atoms with E-state index in [1.54, 1.807) is 6.07 Å². The Balaban J connectivity index is 1.80. The summed E-state index contributed by atoms with van der Waals surface area (Å²) >= 11 is 0. The number of halogens is 1. The van der Waals surface area contributed by atoms with Crippen LogP contribution in [0.15, 0.2) is 36.4 Å². The maximum Gasteiger partial charge on any atom is 0.127 e. The zero-order chi connectivity index (χ0) is 14.1. The van der Waals surface area contributed by atoms with Gasteiger partial charge in [0.25, 0.3) is 0 Å². The minimum atomic E-state index is -0.0665. The van der Waals surface area contributed by atoms with Crippen molar-refractivity contribution in [3.8, 4) is 0 Å². The lowest BCUT2D eigenvalue weighted by atomic mass is 9.91. The SMILES string of the molecule is Cc1cc(C)c(CC2CCc3ccccc3N2)c(F)c1. The number of para-hydroxylation sites is 1. The van der Waals surface area contributed by atoms with E-state index in [-0.39, 0.29) is 5.82 Å². The molecule has 0 aliphatic carbocycles. The van der Waals surface area contributed by atoms with E-state index >= 15 is 0 Å². The van der Waals surface area contributed by atoms with Gasteiger partial charge in [0.2, 0.25) is 0 Å². The van der Waals surface area contributed by atoms with Crippen LogP contribution in [0.1, 0.15) is 28.7 Å². The highest BCUT2D eigenvalue weighted by molar-refractivity contribution is 5.54. The van der Waals surface area contributed by atoms with E-state index in [1.807, 2.05) is 19.9 Å². The Hall–Kier alpha value is -1.83. The molecule has 0 bridgehead atoms. The summed E-state index contributed by atoms with van der Waals surface area (Å²) in [6.45, 7) is 3.94. The second-order valence-electron chi connectivity index (χ2n) is 5.78. The van der Waals surface area contributed by atoms with Crippen molar-refractivity contribution in [2.45, 2.75) is 39.2 Å². The van der Waals surface area contributed by atoms with Gasteiger partial charge in [0.15, 0.2) is 0 Å². The van der Waals surface area contributed by atoms with Crippen molar-refractivity contribution in [2.75, 3.05) is 5.32 Å². The van der Waals surface area contributed by atoms with E-state index in [4.69, 9.17) is 0 Å². The molecule has 0 amide bonds. The standard InChI is InChI=1S/C18H20FN/c1-12-9-13(2)16(17(19)10-12)11-15-8-7-14-5-3-4-6-18(14)20-15/h3-6,9-10,15,20H,7-8,11H2,1-2H3. The number of benzene rings is 2. The summed E-state index contributed by atoms with van der Waals surface area (Å²) in [5.74, 6) is -0.0665. The first-order chi connectivity index (χ1) is 9.63. The number of anilines is 1. The van der Waals surface area contributed by atoms with Crippen molar-refractivity contribution >= 4 is 5.69 Å². The summed E-state index contributed by atoms with van der Waals surface area (Å²) in [6, 6.07) is 12.4. The maximum atomic E-state index is 14.1. The van der Waals surface area contributed by atoms with Crippen LogP contribution in [-0.4, -0.2) is 6.04 Å². The zero-order valence-corrected chi connectivity index (χ0v) is 12.0. The minimum Gasteiger partial charge on any atom is -0.382 e. The molecule has 2 aromatic carbocycles. The molecule has 2 aromatic rings. The number of nitrogens with one attached hydrogen (secondary N) is 1. The molecule has 1 aliphatic heterocycles. The van der Waals surface area contributed by atoms with Crippen molar-refractivity contribution in [1.29, 1.82) is 0 Å². The van der Waals surface area contributed by atoms with Crippen LogP contribution >= 0.6 is 0 Å². The Morgan fingerprint density at radius 2 is 2.00 bits per heavy atom. The van der Waals surface area contributed by atoms with Crippen molar-refractivity contribution in [3.63, 3.8) is 0 Å². The molecule has 2 heteroatoms. The van der Waals surface area contributed by atoms with Crippen LogP contribution in [0.25, 0.3) is 0 Å². The molecule has 0 saturated heterocycles. The second-order valence-corrected chi connectivity index (χ2v) is 5.78. The lowest BCUT2D eigenvalue weighted by Gasteiger charge is -2.27. The van der Waals surface area contributed by atoms with Gasteiger partial charge in [0.1, 0.15) is 5.82 Å². The molecule has 1 N–H and O–H groups in total. The van der Waals surface area contributed by atoms with Gasteiger partial charge in [-0.2, -0.15) is 0 Å². The zero-order valence-electron chi connectivity index (χ0n) is 12.0. The van der Waals surface area contributed by atoms with Gasteiger partial charge >= 0.3 is 0 Å². The summed E-state index contributed by atoms with van der Waals surface area (Å²) < 4.78 is 14.1. The Morgan fingerprint density at radius 1 is 1.20 bits per heavy atom. The lowest BCUT2D eigenvalue weighted by molar-refractivity contribution is 0.572. The third-order valence-electron chi connectivity index (χ3n) is 4.15. The molecule has 20 heavy (non-hydrogen) atoms. The molecule has 0 spiro atoms. The van der Waals surface area contributed by atoms with E-state index in [0.29, 0.717) is 6.04 Å². The van der Waals surface area contributed by atoms with Gasteiger partial charge in [-0.05, 0) is 67.5 Å². The molecule has 3 rings (SSSR count). The fraction of sp³-hybridized carbons (Fsp3) is 0.333. The predicted octanol–water partition coefficient (Wildman–Crippen LogP) is 4.41. The number of hydrogen-bond acceptors (Lipinski definition) is 1. The molecule has 1 aliphatic rings. The molecule has 1 unspecified atom stereocenters. The first-order valence-electron chi connectivity index (χ1n) is 7.23. The molecule has 0 aromatic heterocycles. The number of fused-ring (bicyclic) bond motifs is 1. The Labute approximate surface area is 119 Å². The van der Waals surface area contributed by atoms with Gasteiger partial charge in [0.05, 0.1) is 0 Å². The molecule has 1 atom stereocenters. The van der Waals surface area contributed by atoms with Crippen LogP contribution in [0.5, 0.6) is 0 Å². The first kappa shape index (κ1) is 13.2. The van der Waals surface area contributed by atoms with Gasteiger partial charge in [-0.1, -0.05) is 24.3 Å². The van der Waals surface area contributed by atoms with Crippen LogP contribution in [-0.2, 0) is 12.8 Å². The third-order valence-corrected chi connectivity index (χ3v) is 4.15. The van der Waals surface area contributed by atoms with Crippen molar-refractivity contribution in [3.05, 3.63) is 64.5 Å². The van der Waals surface area contributed by atoms with Gasteiger partial charge in [-0.3, -0.25) is 0 Å². The highest BCUT2D eigenvalue weighted by Gasteiger charge is 2.19. The topological polar surface area (TPSA) is 12.0 Å². The van der Waals surface area contributed by atoms with Gasteiger partial charge in [-0.25, -0.2) is 4.39 Å². The number of rotatable bonds is 2. The summed E-state index contributed by atoms with van der Waals surface area (Å²) in [5.41, 5.74) is 5.47. The normalized spacial score (nSPS) is 17.4. The fourth-order valence-corrected chi connectivity index (χ4v) is 3.10. The van der Waals surface area contributed by atoms with Gasteiger partial charge in [-0.15, -0.1) is 0 Å². The summed E-state index contributed by atoms with van der Waals surface area (Å²) in [6.07, 6.45) is 2.89. The molecule has 1 nitrogen and oxygen atoms in total. The minimum absolute atomic E-state index is 0.0665. The fourth-order valence-electron chi connectivity index (χ4n) is 3.10.